The van der Waals surface area contributed by atoms with Gasteiger partial charge in [-0.15, -0.1) is 0 Å². The highest BCUT2D eigenvalue weighted by molar-refractivity contribution is 5.96. The van der Waals surface area contributed by atoms with Crippen LogP contribution in [0.1, 0.15) is 59.0 Å². The van der Waals surface area contributed by atoms with E-state index in [0.717, 1.165) is 5.56 Å². The second kappa shape index (κ2) is 10.6. The van der Waals surface area contributed by atoms with Gasteiger partial charge in [-0.05, 0) is 63.9 Å². The maximum Gasteiger partial charge on any atom is 0.338 e. The molecule has 0 aromatic heterocycles. The lowest BCUT2D eigenvalue weighted by Crippen LogP contribution is -2.40. The topological polar surface area (TPSA) is 84.5 Å². The molecule has 6 heteroatoms. The number of hydrogen-bond donors (Lipinski definition) is 2. The Bertz CT molecular complexity index is 866. The zero-order chi connectivity index (χ0) is 22.1. The Kier molecular flexibility index (Phi) is 8.16. The lowest BCUT2D eigenvalue weighted by molar-refractivity contribution is -0.121. The fourth-order valence-electron chi connectivity index (χ4n) is 2.69. The van der Waals surface area contributed by atoms with Crippen molar-refractivity contribution in [1.29, 1.82) is 0 Å². The fourth-order valence-corrected chi connectivity index (χ4v) is 2.69. The first-order valence-electron chi connectivity index (χ1n) is 10.1. The standard InChI is InChI=1S/C24H30N2O4/c1-17-5-7-18(8-6-17)9-14-21(27)25-15-16-30-23(29)20-12-10-19(11-13-20)22(28)26-24(2,3)4/h5-8,10-13H,9,14-16H2,1-4H3,(H,25,27)(H,26,28). The maximum atomic E-state index is 12.1. The van der Waals surface area contributed by atoms with Gasteiger partial charge in [-0.25, -0.2) is 4.79 Å². The van der Waals surface area contributed by atoms with E-state index in [2.05, 4.69) is 10.6 Å². The van der Waals surface area contributed by atoms with Crippen LogP contribution >= 0.6 is 0 Å². The van der Waals surface area contributed by atoms with E-state index in [1.165, 1.54) is 5.56 Å². The molecule has 30 heavy (non-hydrogen) atoms. The molecule has 160 valence electrons. The molecular weight excluding hydrogens is 380 g/mol. The zero-order valence-corrected chi connectivity index (χ0v) is 18.1. The number of amides is 2. The summed E-state index contributed by atoms with van der Waals surface area (Å²) in [6, 6.07) is 14.4. The second-order valence-corrected chi connectivity index (χ2v) is 8.25. The number of esters is 1. The molecule has 0 atom stereocenters. The summed E-state index contributed by atoms with van der Waals surface area (Å²) in [5, 5.41) is 5.61. The smallest absolute Gasteiger partial charge is 0.338 e. The predicted molar refractivity (Wildman–Crippen MR) is 116 cm³/mol. The van der Waals surface area contributed by atoms with Gasteiger partial charge in [-0.1, -0.05) is 29.8 Å². The lowest BCUT2D eigenvalue weighted by Gasteiger charge is -2.20. The van der Waals surface area contributed by atoms with Gasteiger partial charge < -0.3 is 15.4 Å². The number of aryl methyl sites for hydroxylation is 2. The number of rotatable bonds is 8. The predicted octanol–water partition coefficient (Wildman–Crippen LogP) is 3.43. The highest BCUT2D eigenvalue weighted by Gasteiger charge is 2.16. The molecule has 0 heterocycles. The van der Waals surface area contributed by atoms with E-state index in [0.29, 0.717) is 24.0 Å². The highest BCUT2D eigenvalue weighted by atomic mass is 16.5. The average Bonchev–Trinajstić information content (AvgIpc) is 2.69. The summed E-state index contributed by atoms with van der Waals surface area (Å²) >= 11 is 0. The minimum Gasteiger partial charge on any atom is -0.460 e. The quantitative estimate of drug-likeness (QED) is 0.516. The van der Waals surface area contributed by atoms with Crippen LogP contribution in [-0.4, -0.2) is 36.5 Å². The van der Waals surface area contributed by atoms with Crippen LogP contribution in [0.25, 0.3) is 0 Å². The van der Waals surface area contributed by atoms with Gasteiger partial charge in [0, 0.05) is 17.5 Å². The van der Waals surface area contributed by atoms with Gasteiger partial charge in [0.2, 0.25) is 5.91 Å². The molecule has 2 N–H and O–H groups in total. The Morgan fingerprint density at radius 3 is 2.10 bits per heavy atom. The van der Waals surface area contributed by atoms with Crippen LogP contribution < -0.4 is 10.6 Å². The van der Waals surface area contributed by atoms with Crippen molar-refractivity contribution in [3.8, 4) is 0 Å². The molecule has 2 aromatic carbocycles. The Labute approximate surface area is 178 Å². The minimum absolute atomic E-state index is 0.0826. The summed E-state index contributed by atoms with van der Waals surface area (Å²) in [4.78, 5) is 36.1. The molecule has 0 saturated carbocycles. The van der Waals surface area contributed by atoms with Crippen molar-refractivity contribution < 1.29 is 19.1 Å². The van der Waals surface area contributed by atoms with Crippen LogP contribution in [0.3, 0.4) is 0 Å². The van der Waals surface area contributed by atoms with Crippen molar-refractivity contribution in [3.63, 3.8) is 0 Å². The molecule has 0 fully saturated rings. The van der Waals surface area contributed by atoms with Gasteiger partial charge in [0.1, 0.15) is 6.61 Å². The molecule has 0 aliphatic heterocycles. The maximum absolute atomic E-state index is 12.1. The molecule has 0 aliphatic rings. The Hall–Kier alpha value is -3.15. The van der Waals surface area contributed by atoms with Crippen molar-refractivity contribution in [3.05, 3.63) is 70.8 Å². The normalized spacial score (nSPS) is 10.9. The zero-order valence-electron chi connectivity index (χ0n) is 18.1. The van der Waals surface area contributed by atoms with Gasteiger partial charge in [-0.2, -0.15) is 0 Å². The van der Waals surface area contributed by atoms with E-state index >= 15 is 0 Å². The van der Waals surface area contributed by atoms with Crippen LogP contribution in [0, 0.1) is 6.92 Å². The van der Waals surface area contributed by atoms with E-state index in [4.69, 9.17) is 4.74 Å². The SMILES string of the molecule is Cc1ccc(CCC(=O)NCCOC(=O)c2ccc(C(=O)NC(C)(C)C)cc2)cc1. The molecule has 0 unspecified atom stereocenters. The summed E-state index contributed by atoms with van der Waals surface area (Å²) < 4.78 is 5.18. The van der Waals surface area contributed by atoms with Gasteiger partial charge in [0.05, 0.1) is 12.1 Å². The minimum atomic E-state index is -0.494. The molecule has 2 amide bonds. The molecule has 0 bridgehead atoms. The van der Waals surface area contributed by atoms with E-state index in [-0.39, 0.29) is 30.5 Å². The number of carbonyl (C=O) groups excluding carboxylic acids is 3. The Morgan fingerprint density at radius 1 is 0.900 bits per heavy atom. The lowest BCUT2D eigenvalue weighted by atomic mass is 10.1. The third-order valence-corrected chi connectivity index (χ3v) is 4.29. The monoisotopic (exact) mass is 410 g/mol. The van der Waals surface area contributed by atoms with Crippen LogP contribution in [0.4, 0.5) is 0 Å². The fraction of sp³-hybridized carbons (Fsp3) is 0.375. The van der Waals surface area contributed by atoms with E-state index in [1.54, 1.807) is 24.3 Å². The van der Waals surface area contributed by atoms with Crippen LogP contribution in [-0.2, 0) is 16.0 Å². The van der Waals surface area contributed by atoms with Crippen molar-refractivity contribution in [2.75, 3.05) is 13.2 Å². The average molecular weight is 411 g/mol. The Balaban J connectivity index is 1.69. The summed E-state index contributed by atoms with van der Waals surface area (Å²) in [5.41, 5.74) is 2.80. The molecule has 0 spiro atoms. The van der Waals surface area contributed by atoms with Crippen molar-refractivity contribution in [2.24, 2.45) is 0 Å². The summed E-state index contributed by atoms with van der Waals surface area (Å²) in [7, 11) is 0. The summed E-state index contributed by atoms with van der Waals surface area (Å²) in [5.74, 6) is -0.775. The van der Waals surface area contributed by atoms with E-state index in [9.17, 15) is 14.4 Å². The number of carbonyl (C=O) groups is 3. The van der Waals surface area contributed by atoms with Crippen LogP contribution in [0.2, 0.25) is 0 Å². The first-order chi connectivity index (χ1) is 14.1. The van der Waals surface area contributed by atoms with Crippen LogP contribution in [0.15, 0.2) is 48.5 Å². The Morgan fingerprint density at radius 2 is 1.50 bits per heavy atom. The molecule has 0 aliphatic carbocycles. The largest absolute Gasteiger partial charge is 0.460 e. The molecule has 6 nitrogen and oxygen atoms in total. The summed E-state index contributed by atoms with van der Waals surface area (Å²) in [6.07, 6.45) is 1.05. The third-order valence-electron chi connectivity index (χ3n) is 4.29. The van der Waals surface area contributed by atoms with Gasteiger partial charge in [-0.3, -0.25) is 9.59 Å². The number of nitrogens with one attached hydrogen (secondary N) is 2. The molecular formula is C24H30N2O4. The van der Waals surface area contributed by atoms with Crippen molar-refractivity contribution in [1.82, 2.24) is 10.6 Å². The van der Waals surface area contributed by atoms with E-state index in [1.807, 2.05) is 52.0 Å². The molecule has 0 radical (unpaired) electrons. The van der Waals surface area contributed by atoms with Crippen molar-refractivity contribution in [2.45, 2.75) is 46.1 Å². The third kappa shape index (κ3) is 8.07. The molecule has 2 rings (SSSR count). The van der Waals surface area contributed by atoms with Gasteiger partial charge in [0.25, 0.3) is 5.91 Å². The first-order valence-corrected chi connectivity index (χ1v) is 10.1. The van der Waals surface area contributed by atoms with Gasteiger partial charge >= 0.3 is 5.97 Å². The van der Waals surface area contributed by atoms with E-state index < -0.39 is 5.97 Å². The van der Waals surface area contributed by atoms with Crippen molar-refractivity contribution >= 4 is 17.8 Å². The summed E-state index contributed by atoms with van der Waals surface area (Å²) in [6.45, 7) is 8.07. The van der Waals surface area contributed by atoms with Gasteiger partial charge in [0.15, 0.2) is 0 Å². The molecule has 2 aromatic rings. The number of benzene rings is 2. The number of hydrogen-bond acceptors (Lipinski definition) is 4. The highest BCUT2D eigenvalue weighted by Crippen LogP contribution is 2.09. The van der Waals surface area contributed by atoms with Crippen LogP contribution in [0.5, 0.6) is 0 Å². The first kappa shape index (κ1) is 23.1. The number of ether oxygens (including phenoxy) is 1. The molecule has 0 saturated heterocycles. The second-order valence-electron chi connectivity index (χ2n) is 8.25.